The fraction of sp³-hybridized carbons (Fsp3) is 0.929. The Kier molecular flexibility index (Phi) is 5.62. The number of alkyl carbamates (subject to hydrolysis) is 1. The van der Waals surface area contributed by atoms with E-state index < -0.39 is 5.60 Å². The molecule has 0 radical (unpaired) electrons. The number of nitrogens with one attached hydrogen (secondary N) is 1. The summed E-state index contributed by atoms with van der Waals surface area (Å²) in [6, 6.07) is 0.798. The number of rotatable bonds is 6. The van der Waals surface area contributed by atoms with Gasteiger partial charge in [0.25, 0.3) is 0 Å². The molecule has 1 saturated carbocycles. The quantitative estimate of drug-likeness (QED) is 0.772. The maximum absolute atomic E-state index is 11.8. The normalized spacial score (nSPS) is 19.1. The SMILES string of the molecule is CCN(C1CC1)C(CN)C(C)NC(=O)OC(C)(C)C. The van der Waals surface area contributed by atoms with Crippen molar-refractivity contribution in [2.24, 2.45) is 5.73 Å². The number of amides is 1. The zero-order valence-electron chi connectivity index (χ0n) is 12.9. The number of nitrogens with two attached hydrogens (primary N) is 1. The molecule has 112 valence electrons. The zero-order chi connectivity index (χ0) is 14.6. The molecule has 2 unspecified atom stereocenters. The van der Waals surface area contributed by atoms with E-state index in [0.717, 1.165) is 6.54 Å². The second-order valence-electron chi connectivity index (χ2n) is 6.30. The van der Waals surface area contributed by atoms with E-state index in [-0.39, 0.29) is 18.2 Å². The van der Waals surface area contributed by atoms with Gasteiger partial charge in [0, 0.05) is 24.7 Å². The van der Waals surface area contributed by atoms with Gasteiger partial charge in [-0.05, 0) is 47.1 Å². The van der Waals surface area contributed by atoms with Gasteiger partial charge in [-0.15, -0.1) is 0 Å². The highest BCUT2D eigenvalue weighted by molar-refractivity contribution is 5.68. The molecule has 5 nitrogen and oxygen atoms in total. The van der Waals surface area contributed by atoms with Gasteiger partial charge in [0.05, 0.1) is 0 Å². The van der Waals surface area contributed by atoms with Crippen molar-refractivity contribution < 1.29 is 9.53 Å². The van der Waals surface area contributed by atoms with Gasteiger partial charge in [-0.25, -0.2) is 4.79 Å². The third kappa shape index (κ3) is 5.37. The Balaban J connectivity index is 2.53. The van der Waals surface area contributed by atoms with Crippen molar-refractivity contribution in [3.63, 3.8) is 0 Å². The summed E-state index contributed by atoms with van der Waals surface area (Å²) in [5.41, 5.74) is 5.42. The van der Waals surface area contributed by atoms with Gasteiger partial charge in [0.15, 0.2) is 0 Å². The zero-order valence-corrected chi connectivity index (χ0v) is 12.9. The molecule has 0 heterocycles. The number of hydrogen-bond acceptors (Lipinski definition) is 4. The molecule has 3 N–H and O–H groups in total. The van der Waals surface area contributed by atoms with Crippen molar-refractivity contribution in [1.29, 1.82) is 0 Å². The second kappa shape index (κ2) is 6.57. The molecule has 0 aromatic heterocycles. The first kappa shape index (κ1) is 16.2. The molecular weight excluding hydrogens is 242 g/mol. The molecule has 0 aromatic rings. The number of likely N-dealkylation sites (N-methyl/N-ethyl adjacent to an activating group) is 1. The van der Waals surface area contributed by atoms with E-state index >= 15 is 0 Å². The molecule has 1 fully saturated rings. The summed E-state index contributed by atoms with van der Waals surface area (Å²) in [4.78, 5) is 14.2. The summed E-state index contributed by atoms with van der Waals surface area (Å²) in [5, 5.41) is 2.90. The third-order valence-corrected chi connectivity index (χ3v) is 3.37. The van der Waals surface area contributed by atoms with Crippen molar-refractivity contribution in [1.82, 2.24) is 10.2 Å². The van der Waals surface area contributed by atoms with Crippen LogP contribution >= 0.6 is 0 Å². The van der Waals surface area contributed by atoms with Crippen LogP contribution in [0.1, 0.15) is 47.5 Å². The number of ether oxygens (including phenoxy) is 1. The fourth-order valence-corrected chi connectivity index (χ4v) is 2.39. The van der Waals surface area contributed by atoms with Gasteiger partial charge >= 0.3 is 6.09 Å². The molecule has 2 atom stereocenters. The summed E-state index contributed by atoms with van der Waals surface area (Å²) < 4.78 is 5.28. The molecule has 1 aliphatic carbocycles. The predicted molar refractivity (Wildman–Crippen MR) is 77.1 cm³/mol. The number of nitrogens with zero attached hydrogens (tertiary/aromatic N) is 1. The summed E-state index contributed by atoms with van der Waals surface area (Å²) in [5.74, 6) is 0. The second-order valence-corrected chi connectivity index (χ2v) is 6.30. The number of carbonyl (C=O) groups excluding carboxylic acids is 1. The van der Waals surface area contributed by atoms with Crippen molar-refractivity contribution in [2.45, 2.75) is 71.2 Å². The topological polar surface area (TPSA) is 67.6 Å². The standard InChI is InChI=1S/C14H29N3O2/c1-6-17(11-7-8-11)12(9-15)10(2)16-13(18)19-14(3,4)5/h10-12H,6-9,15H2,1-5H3,(H,16,18). The van der Waals surface area contributed by atoms with E-state index in [9.17, 15) is 4.79 Å². The highest BCUT2D eigenvalue weighted by Crippen LogP contribution is 2.28. The van der Waals surface area contributed by atoms with E-state index in [4.69, 9.17) is 10.5 Å². The molecule has 1 rings (SSSR count). The first-order valence-electron chi connectivity index (χ1n) is 7.23. The van der Waals surface area contributed by atoms with Crippen LogP contribution in [0.25, 0.3) is 0 Å². The maximum atomic E-state index is 11.8. The molecule has 0 bridgehead atoms. The summed E-state index contributed by atoms with van der Waals surface area (Å²) in [6.45, 7) is 11.2. The number of hydrogen-bond donors (Lipinski definition) is 2. The van der Waals surface area contributed by atoms with E-state index in [1.807, 2.05) is 27.7 Å². The van der Waals surface area contributed by atoms with E-state index in [1.54, 1.807) is 0 Å². The minimum absolute atomic E-state index is 0.0135. The van der Waals surface area contributed by atoms with Crippen LogP contribution in [0.15, 0.2) is 0 Å². The summed E-state index contributed by atoms with van der Waals surface area (Å²) in [7, 11) is 0. The first-order chi connectivity index (χ1) is 8.78. The van der Waals surface area contributed by atoms with Crippen molar-refractivity contribution >= 4 is 6.09 Å². The van der Waals surface area contributed by atoms with Gasteiger partial charge in [-0.2, -0.15) is 0 Å². The lowest BCUT2D eigenvalue weighted by Gasteiger charge is -2.35. The monoisotopic (exact) mass is 271 g/mol. The summed E-state index contributed by atoms with van der Waals surface area (Å²) >= 11 is 0. The highest BCUT2D eigenvalue weighted by atomic mass is 16.6. The Hall–Kier alpha value is -0.810. The lowest BCUT2D eigenvalue weighted by molar-refractivity contribution is 0.0468. The van der Waals surface area contributed by atoms with E-state index in [1.165, 1.54) is 12.8 Å². The molecule has 0 aromatic carbocycles. The van der Waals surface area contributed by atoms with Crippen LogP contribution in [0.2, 0.25) is 0 Å². The van der Waals surface area contributed by atoms with Gasteiger partial charge in [0.2, 0.25) is 0 Å². The van der Waals surface area contributed by atoms with Gasteiger partial charge in [-0.1, -0.05) is 6.92 Å². The van der Waals surface area contributed by atoms with Crippen LogP contribution in [-0.2, 0) is 4.74 Å². The van der Waals surface area contributed by atoms with Crippen LogP contribution in [0, 0.1) is 0 Å². The van der Waals surface area contributed by atoms with Crippen molar-refractivity contribution in [2.75, 3.05) is 13.1 Å². The highest BCUT2D eigenvalue weighted by Gasteiger charge is 2.35. The Labute approximate surface area is 116 Å². The molecule has 19 heavy (non-hydrogen) atoms. The van der Waals surface area contributed by atoms with Crippen LogP contribution in [-0.4, -0.2) is 47.8 Å². The Bertz CT molecular complexity index is 298. The summed E-state index contributed by atoms with van der Waals surface area (Å²) in [6.07, 6.45) is 2.11. The lowest BCUT2D eigenvalue weighted by Crippen LogP contribution is -2.55. The number of carbonyl (C=O) groups is 1. The fourth-order valence-electron chi connectivity index (χ4n) is 2.39. The molecular formula is C14H29N3O2. The van der Waals surface area contributed by atoms with Crippen LogP contribution < -0.4 is 11.1 Å². The average Bonchev–Trinajstić information content (AvgIpc) is 3.06. The van der Waals surface area contributed by atoms with Crippen molar-refractivity contribution in [3.05, 3.63) is 0 Å². The van der Waals surface area contributed by atoms with Gasteiger partial charge in [-0.3, -0.25) is 4.90 Å². The van der Waals surface area contributed by atoms with Crippen LogP contribution in [0.4, 0.5) is 4.79 Å². The Morgan fingerprint density at radius 3 is 2.42 bits per heavy atom. The Morgan fingerprint density at radius 2 is 2.05 bits per heavy atom. The van der Waals surface area contributed by atoms with Crippen LogP contribution in [0.3, 0.4) is 0 Å². The Morgan fingerprint density at radius 1 is 1.47 bits per heavy atom. The smallest absolute Gasteiger partial charge is 0.407 e. The average molecular weight is 271 g/mol. The molecule has 0 saturated heterocycles. The first-order valence-corrected chi connectivity index (χ1v) is 7.23. The minimum Gasteiger partial charge on any atom is -0.444 e. The van der Waals surface area contributed by atoms with Gasteiger partial charge in [0.1, 0.15) is 5.60 Å². The molecule has 0 spiro atoms. The van der Waals surface area contributed by atoms with Crippen LogP contribution in [0.5, 0.6) is 0 Å². The van der Waals surface area contributed by atoms with Crippen molar-refractivity contribution in [3.8, 4) is 0 Å². The largest absolute Gasteiger partial charge is 0.444 e. The molecule has 1 aliphatic rings. The van der Waals surface area contributed by atoms with E-state index in [2.05, 4.69) is 17.1 Å². The van der Waals surface area contributed by atoms with Gasteiger partial charge < -0.3 is 15.8 Å². The third-order valence-electron chi connectivity index (χ3n) is 3.37. The predicted octanol–water partition coefficient (Wildman–Crippen LogP) is 1.71. The lowest BCUT2D eigenvalue weighted by atomic mass is 10.1. The maximum Gasteiger partial charge on any atom is 0.407 e. The van der Waals surface area contributed by atoms with E-state index in [0.29, 0.717) is 12.6 Å². The molecule has 1 amide bonds. The molecule has 0 aliphatic heterocycles. The minimum atomic E-state index is -0.469. The molecule has 5 heteroatoms.